The Balaban J connectivity index is 1.76. The summed E-state index contributed by atoms with van der Waals surface area (Å²) in [4.78, 5) is 6.98. The van der Waals surface area contributed by atoms with Crippen LogP contribution < -0.4 is 9.64 Å². The van der Waals surface area contributed by atoms with Crippen LogP contribution in [0.15, 0.2) is 36.5 Å². The molecule has 0 amide bonds. The normalized spacial score (nSPS) is 14.6. The first-order valence-electron chi connectivity index (χ1n) is 7.70. The van der Waals surface area contributed by atoms with Gasteiger partial charge in [0, 0.05) is 24.7 Å². The Morgan fingerprint density at radius 3 is 2.74 bits per heavy atom. The quantitative estimate of drug-likeness (QED) is 0.736. The summed E-state index contributed by atoms with van der Waals surface area (Å²) < 4.78 is 6.89. The largest absolute Gasteiger partial charge is 0.480 e. The smallest absolute Gasteiger partial charge is 0.231 e. The average molecular weight is 329 g/mol. The van der Waals surface area contributed by atoms with Crippen molar-refractivity contribution >= 4 is 22.9 Å². The molecule has 0 spiro atoms. The lowest BCUT2D eigenvalue weighted by Crippen LogP contribution is -2.17. The summed E-state index contributed by atoms with van der Waals surface area (Å²) in [6.45, 7) is 2.13. The summed E-state index contributed by atoms with van der Waals surface area (Å²) >= 11 is 6.39. The Morgan fingerprint density at radius 1 is 1.13 bits per heavy atom. The molecule has 0 N–H and O–H groups in total. The molecule has 0 bridgehead atoms. The van der Waals surface area contributed by atoms with E-state index in [-0.39, 0.29) is 0 Å². The lowest BCUT2D eigenvalue weighted by atomic mass is 10.1. The van der Waals surface area contributed by atoms with Gasteiger partial charge in [-0.2, -0.15) is 0 Å². The van der Waals surface area contributed by atoms with Crippen LogP contribution in [-0.2, 0) is 0 Å². The van der Waals surface area contributed by atoms with Gasteiger partial charge in [-0.3, -0.25) is 0 Å². The molecule has 0 saturated carbocycles. The first-order chi connectivity index (χ1) is 11.2. The Hall–Kier alpha value is -2.27. The molecule has 1 aromatic carbocycles. The highest BCUT2D eigenvalue weighted by Crippen LogP contribution is 2.33. The minimum atomic E-state index is 0.565. The van der Waals surface area contributed by atoms with Gasteiger partial charge in [-0.05, 0) is 31.0 Å². The molecule has 0 atom stereocenters. The van der Waals surface area contributed by atoms with Gasteiger partial charge in [-0.25, -0.2) is 9.50 Å². The molecule has 5 nitrogen and oxygen atoms in total. The van der Waals surface area contributed by atoms with Gasteiger partial charge in [-0.15, -0.1) is 5.10 Å². The summed E-state index contributed by atoms with van der Waals surface area (Å²) in [7, 11) is 1.60. The van der Waals surface area contributed by atoms with E-state index in [1.807, 2.05) is 30.5 Å². The van der Waals surface area contributed by atoms with E-state index < -0.39 is 0 Å². The summed E-state index contributed by atoms with van der Waals surface area (Å²) in [5, 5.41) is 5.14. The van der Waals surface area contributed by atoms with Gasteiger partial charge in [0.1, 0.15) is 0 Å². The SMILES string of the molecule is COc1ccc2nc(-c3ccc(Cl)c(N4CCCC4)c3)cn2n1. The van der Waals surface area contributed by atoms with E-state index in [1.54, 1.807) is 11.6 Å². The van der Waals surface area contributed by atoms with Crippen molar-refractivity contribution < 1.29 is 4.74 Å². The second-order valence-corrected chi connectivity index (χ2v) is 6.07. The number of fused-ring (bicyclic) bond motifs is 1. The molecule has 0 unspecified atom stereocenters. The molecule has 4 rings (SSSR count). The van der Waals surface area contributed by atoms with Gasteiger partial charge < -0.3 is 9.64 Å². The fourth-order valence-electron chi connectivity index (χ4n) is 2.98. The number of nitrogens with zero attached hydrogens (tertiary/aromatic N) is 4. The number of rotatable bonds is 3. The molecule has 1 fully saturated rings. The van der Waals surface area contributed by atoms with E-state index in [0.717, 1.165) is 40.7 Å². The van der Waals surface area contributed by atoms with E-state index in [1.165, 1.54) is 12.8 Å². The second kappa shape index (κ2) is 5.74. The molecule has 6 heteroatoms. The monoisotopic (exact) mass is 328 g/mol. The number of aromatic nitrogens is 3. The zero-order valence-electron chi connectivity index (χ0n) is 12.9. The maximum Gasteiger partial charge on any atom is 0.231 e. The number of ether oxygens (including phenoxy) is 1. The van der Waals surface area contributed by atoms with E-state index in [4.69, 9.17) is 16.3 Å². The minimum absolute atomic E-state index is 0.565. The van der Waals surface area contributed by atoms with Crippen molar-refractivity contribution in [3.63, 3.8) is 0 Å². The third-order valence-electron chi connectivity index (χ3n) is 4.19. The van der Waals surface area contributed by atoms with Gasteiger partial charge in [0.15, 0.2) is 5.65 Å². The van der Waals surface area contributed by atoms with Gasteiger partial charge in [-0.1, -0.05) is 17.7 Å². The van der Waals surface area contributed by atoms with Crippen LogP contribution in [0, 0.1) is 0 Å². The van der Waals surface area contributed by atoms with Crippen LogP contribution in [0.4, 0.5) is 5.69 Å². The fraction of sp³-hybridized carbons (Fsp3) is 0.294. The van der Waals surface area contributed by atoms with Crippen LogP contribution >= 0.6 is 11.6 Å². The van der Waals surface area contributed by atoms with E-state index >= 15 is 0 Å². The van der Waals surface area contributed by atoms with Crippen molar-refractivity contribution in [2.75, 3.05) is 25.1 Å². The van der Waals surface area contributed by atoms with Crippen molar-refractivity contribution in [2.24, 2.45) is 0 Å². The predicted molar refractivity (Wildman–Crippen MR) is 91.4 cm³/mol. The molecule has 3 aromatic rings. The zero-order chi connectivity index (χ0) is 15.8. The molecule has 23 heavy (non-hydrogen) atoms. The van der Waals surface area contributed by atoms with E-state index in [2.05, 4.69) is 21.0 Å². The van der Waals surface area contributed by atoms with Crippen molar-refractivity contribution in [3.8, 4) is 17.1 Å². The van der Waals surface area contributed by atoms with Gasteiger partial charge >= 0.3 is 0 Å². The number of benzene rings is 1. The minimum Gasteiger partial charge on any atom is -0.480 e. The van der Waals surface area contributed by atoms with Crippen LogP contribution in [0.25, 0.3) is 16.9 Å². The van der Waals surface area contributed by atoms with Crippen LogP contribution in [0.1, 0.15) is 12.8 Å². The van der Waals surface area contributed by atoms with Gasteiger partial charge in [0.2, 0.25) is 5.88 Å². The molecule has 118 valence electrons. The topological polar surface area (TPSA) is 42.7 Å². The van der Waals surface area contributed by atoms with Crippen LogP contribution in [0.5, 0.6) is 5.88 Å². The average Bonchev–Trinajstić information content (AvgIpc) is 3.24. The first kappa shape index (κ1) is 14.3. The number of hydrogen-bond acceptors (Lipinski definition) is 4. The number of imidazole rings is 1. The molecule has 3 heterocycles. The predicted octanol–water partition coefficient (Wildman–Crippen LogP) is 3.66. The van der Waals surface area contributed by atoms with Crippen molar-refractivity contribution in [3.05, 3.63) is 41.6 Å². The van der Waals surface area contributed by atoms with Gasteiger partial charge in [0.25, 0.3) is 0 Å². The maximum absolute atomic E-state index is 6.39. The highest BCUT2D eigenvalue weighted by molar-refractivity contribution is 6.33. The molecule has 0 aliphatic carbocycles. The number of methoxy groups -OCH3 is 1. The lowest BCUT2D eigenvalue weighted by Gasteiger charge is -2.19. The Labute approximate surface area is 139 Å². The zero-order valence-corrected chi connectivity index (χ0v) is 13.6. The number of hydrogen-bond donors (Lipinski definition) is 0. The Bertz CT molecular complexity index is 855. The number of anilines is 1. The molecule has 2 aromatic heterocycles. The molecular formula is C17H17ClN4O. The summed E-state index contributed by atoms with van der Waals surface area (Å²) in [5.41, 5.74) is 3.80. The lowest BCUT2D eigenvalue weighted by molar-refractivity contribution is 0.390. The number of halogens is 1. The molecule has 0 radical (unpaired) electrons. The summed E-state index contributed by atoms with van der Waals surface area (Å²) in [6.07, 6.45) is 4.35. The highest BCUT2D eigenvalue weighted by Gasteiger charge is 2.16. The molecular weight excluding hydrogens is 312 g/mol. The molecule has 1 aliphatic rings. The summed E-state index contributed by atoms with van der Waals surface area (Å²) in [5.74, 6) is 0.565. The van der Waals surface area contributed by atoms with E-state index in [9.17, 15) is 0 Å². The molecule has 1 aliphatic heterocycles. The highest BCUT2D eigenvalue weighted by atomic mass is 35.5. The summed E-state index contributed by atoms with van der Waals surface area (Å²) in [6, 6.07) is 9.77. The van der Waals surface area contributed by atoms with E-state index in [0.29, 0.717) is 5.88 Å². The maximum atomic E-state index is 6.39. The fourth-order valence-corrected chi connectivity index (χ4v) is 3.22. The van der Waals surface area contributed by atoms with Crippen LogP contribution in [-0.4, -0.2) is 34.8 Å². The molecule has 1 saturated heterocycles. The van der Waals surface area contributed by atoms with Crippen molar-refractivity contribution in [1.29, 1.82) is 0 Å². The van der Waals surface area contributed by atoms with Crippen molar-refractivity contribution in [1.82, 2.24) is 14.6 Å². The standard InChI is InChI=1S/C17H17ClN4O/c1-23-17-7-6-16-19-14(11-22(16)20-17)12-4-5-13(18)15(10-12)21-8-2-3-9-21/h4-7,10-11H,2-3,8-9H2,1H3. The van der Waals surface area contributed by atoms with Crippen molar-refractivity contribution in [2.45, 2.75) is 12.8 Å². The van der Waals surface area contributed by atoms with Crippen LogP contribution in [0.3, 0.4) is 0 Å². The van der Waals surface area contributed by atoms with Gasteiger partial charge in [0.05, 0.1) is 29.7 Å². The third kappa shape index (κ3) is 2.61. The second-order valence-electron chi connectivity index (χ2n) is 5.66. The Morgan fingerprint density at radius 2 is 1.96 bits per heavy atom. The Kier molecular flexibility index (Phi) is 3.58. The first-order valence-corrected chi connectivity index (χ1v) is 8.08. The van der Waals surface area contributed by atoms with Crippen LogP contribution in [0.2, 0.25) is 5.02 Å². The third-order valence-corrected chi connectivity index (χ3v) is 4.51.